The maximum Gasteiger partial charge on any atom is 0.306 e. The summed E-state index contributed by atoms with van der Waals surface area (Å²) >= 11 is 11.9. The first-order valence-corrected chi connectivity index (χ1v) is 11.8. The molecule has 0 saturated carbocycles. The van der Waals surface area contributed by atoms with Gasteiger partial charge in [0.25, 0.3) is 11.8 Å². The third-order valence-electron chi connectivity index (χ3n) is 5.33. The zero-order chi connectivity index (χ0) is 26.1. The fourth-order valence-electron chi connectivity index (χ4n) is 3.42. The molecule has 0 aliphatic carbocycles. The minimum absolute atomic E-state index is 0.0325. The van der Waals surface area contributed by atoms with Crippen LogP contribution in [0.1, 0.15) is 46.3 Å². The van der Waals surface area contributed by atoms with Crippen LogP contribution in [0.15, 0.2) is 66.7 Å². The van der Waals surface area contributed by atoms with Gasteiger partial charge in [0.1, 0.15) is 6.07 Å². The maximum atomic E-state index is 14.9. The lowest BCUT2D eigenvalue weighted by Gasteiger charge is -2.19. The molecule has 0 radical (unpaired) electrons. The Labute approximate surface area is 217 Å². The number of anilines is 1. The number of nitrogens with one attached hydrogen (secondary N) is 1. The molecule has 0 aromatic heterocycles. The second-order valence-electron chi connectivity index (χ2n) is 7.97. The molecule has 0 heterocycles. The monoisotopic (exact) mass is 530 g/mol. The molecule has 9 heteroatoms. The highest BCUT2D eigenvalue weighted by molar-refractivity contribution is 6.32. The first-order chi connectivity index (χ1) is 17.2. The fraction of sp³-hybridized carbons (Fsp3) is 0.222. The summed E-state index contributed by atoms with van der Waals surface area (Å²) in [6.07, 6.45) is -0.0357. The Morgan fingerprint density at radius 3 is 2.44 bits per heavy atom. The number of alkyl halides is 2. The van der Waals surface area contributed by atoms with E-state index in [1.165, 1.54) is 30.3 Å². The number of hydrogen-bond donors (Lipinski definition) is 1. The van der Waals surface area contributed by atoms with E-state index in [1.54, 1.807) is 0 Å². The van der Waals surface area contributed by atoms with E-state index in [4.69, 9.17) is 33.2 Å². The number of benzene rings is 3. The van der Waals surface area contributed by atoms with Crippen LogP contribution >= 0.6 is 23.2 Å². The molecule has 3 aromatic carbocycles. The predicted molar refractivity (Wildman–Crippen MR) is 134 cm³/mol. The third-order valence-corrected chi connectivity index (χ3v) is 5.99. The molecule has 0 fully saturated rings. The van der Waals surface area contributed by atoms with Gasteiger partial charge in [-0.2, -0.15) is 5.26 Å². The van der Waals surface area contributed by atoms with Crippen molar-refractivity contribution in [3.63, 3.8) is 0 Å². The molecular weight excluding hydrogens is 509 g/mol. The van der Waals surface area contributed by atoms with Crippen molar-refractivity contribution < 1.29 is 23.1 Å². The summed E-state index contributed by atoms with van der Waals surface area (Å²) in [6, 6.07) is 19.2. The van der Waals surface area contributed by atoms with Crippen LogP contribution in [0, 0.1) is 11.3 Å². The topological polar surface area (TPSA) is 79.2 Å². The van der Waals surface area contributed by atoms with Crippen LogP contribution in [0.2, 0.25) is 10.0 Å². The van der Waals surface area contributed by atoms with Crippen LogP contribution in [0.3, 0.4) is 0 Å². The van der Waals surface area contributed by atoms with Crippen LogP contribution in [-0.4, -0.2) is 18.5 Å². The molecule has 0 atom stereocenters. The average Bonchev–Trinajstić information content (AvgIpc) is 2.87. The van der Waals surface area contributed by atoms with Crippen molar-refractivity contribution in [2.45, 2.75) is 31.6 Å². The molecule has 3 aromatic rings. The molecule has 0 aliphatic heterocycles. The Morgan fingerprint density at radius 1 is 1.00 bits per heavy atom. The van der Waals surface area contributed by atoms with E-state index in [2.05, 4.69) is 5.32 Å². The molecule has 0 spiro atoms. The lowest BCUT2D eigenvalue weighted by molar-refractivity contribution is -0.144. The molecule has 3 rings (SSSR count). The van der Waals surface area contributed by atoms with Gasteiger partial charge >= 0.3 is 5.97 Å². The number of rotatable bonds is 10. The van der Waals surface area contributed by atoms with Crippen LogP contribution in [0.25, 0.3) is 0 Å². The second kappa shape index (κ2) is 12.5. The van der Waals surface area contributed by atoms with Crippen LogP contribution in [-0.2, 0) is 21.9 Å². The van der Waals surface area contributed by atoms with Gasteiger partial charge in [0.05, 0.1) is 17.2 Å². The molecule has 0 saturated heterocycles. The lowest BCUT2D eigenvalue weighted by atomic mass is 10.0. The van der Waals surface area contributed by atoms with E-state index < -0.39 is 29.8 Å². The smallest absolute Gasteiger partial charge is 0.306 e. The molecule has 186 valence electrons. The van der Waals surface area contributed by atoms with Gasteiger partial charge < -0.3 is 10.1 Å². The molecule has 1 amide bonds. The van der Waals surface area contributed by atoms with Gasteiger partial charge in [0.15, 0.2) is 0 Å². The number of carbonyl (C=O) groups is 2. The van der Waals surface area contributed by atoms with E-state index >= 15 is 0 Å². The molecule has 0 unspecified atom stereocenters. The van der Waals surface area contributed by atoms with Crippen LogP contribution < -0.4 is 5.32 Å². The van der Waals surface area contributed by atoms with E-state index in [-0.39, 0.29) is 40.6 Å². The normalized spacial score (nSPS) is 11.0. The number of hydrogen-bond acceptors (Lipinski definition) is 4. The number of nitrogens with zero attached hydrogens (tertiary/aromatic N) is 1. The minimum atomic E-state index is -3.35. The van der Waals surface area contributed by atoms with E-state index in [1.807, 2.05) is 36.4 Å². The van der Waals surface area contributed by atoms with E-state index in [0.29, 0.717) is 12.1 Å². The Morgan fingerprint density at radius 2 is 1.72 bits per heavy atom. The van der Waals surface area contributed by atoms with Crippen molar-refractivity contribution >= 4 is 40.8 Å². The standard InChI is InChI=1S/C27H22Cl2F2N2O3/c28-23-11-9-21(15-20(23)17-32)33-26(35)19-8-10-24(29)22(16-19)27(30,31)13-4-14-36-25(34)12-7-18-5-2-1-3-6-18/h1-3,5-6,8-11,15-16H,4,7,12-14H2,(H,33,35). The van der Waals surface area contributed by atoms with Crippen molar-refractivity contribution in [2.75, 3.05) is 11.9 Å². The van der Waals surface area contributed by atoms with Crippen LogP contribution in [0.4, 0.5) is 14.5 Å². The van der Waals surface area contributed by atoms with Crippen molar-refractivity contribution in [3.05, 3.63) is 99.0 Å². The van der Waals surface area contributed by atoms with Crippen molar-refractivity contribution in [1.29, 1.82) is 5.26 Å². The summed E-state index contributed by atoms with van der Waals surface area (Å²) in [6.45, 7) is -0.154. The Balaban J connectivity index is 1.56. The maximum absolute atomic E-state index is 14.9. The van der Waals surface area contributed by atoms with E-state index in [0.717, 1.165) is 11.6 Å². The fourth-order valence-corrected chi connectivity index (χ4v) is 3.83. The largest absolute Gasteiger partial charge is 0.466 e. The molecule has 1 N–H and O–H groups in total. The van der Waals surface area contributed by atoms with Crippen molar-refractivity contribution in [1.82, 2.24) is 0 Å². The molecule has 0 aliphatic rings. The van der Waals surface area contributed by atoms with Gasteiger partial charge in [0, 0.05) is 34.7 Å². The summed E-state index contributed by atoms with van der Waals surface area (Å²) in [5, 5.41) is 11.7. The quantitative estimate of drug-likeness (QED) is 0.222. The highest BCUT2D eigenvalue weighted by atomic mass is 35.5. The molecule has 5 nitrogen and oxygen atoms in total. The zero-order valence-corrected chi connectivity index (χ0v) is 20.6. The highest BCUT2D eigenvalue weighted by Crippen LogP contribution is 2.38. The SMILES string of the molecule is N#Cc1cc(NC(=O)c2ccc(Cl)c(C(F)(F)CCCOC(=O)CCc3ccccc3)c2)ccc1Cl. The summed E-state index contributed by atoms with van der Waals surface area (Å²) in [4.78, 5) is 24.5. The van der Waals surface area contributed by atoms with Crippen molar-refractivity contribution in [3.8, 4) is 6.07 Å². The number of esters is 1. The van der Waals surface area contributed by atoms with Gasteiger partial charge in [-0.3, -0.25) is 9.59 Å². The average molecular weight is 531 g/mol. The van der Waals surface area contributed by atoms with Gasteiger partial charge in [-0.25, -0.2) is 8.78 Å². The summed E-state index contributed by atoms with van der Waals surface area (Å²) in [5.41, 5.74) is 0.911. The Bertz CT molecular complexity index is 1280. The number of carbonyl (C=O) groups excluding carboxylic acids is 2. The van der Waals surface area contributed by atoms with Crippen molar-refractivity contribution in [2.24, 2.45) is 0 Å². The number of aryl methyl sites for hydroxylation is 1. The summed E-state index contributed by atoms with van der Waals surface area (Å²) in [7, 11) is 0. The summed E-state index contributed by atoms with van der Waals surface area (Å²) in [5.74, 6) is -4.46. The van der Waals surface area contributed by atoms with E-state index in [9.17, 15) is 18.4 Å². The lowest BCUT2D eigenvalue weighted by Crippen LogP contribution is -2.18. The molecular formula is C27H22Cl2F2N2O3. The third kappa shape index (κ3) is 7.51. The molecule has 36 heavy (non-hydrogen) atoms. The zero-order valence-electron chi connectivity index (χ0n) is 19.1. The van der Waals surface area contributed by atoms with Gasteiger partial charge in [-0.05, 0) is 54.8 Å². The number of halogens is 4. The minimum Gasteiger partial charge on any atom is -0.466 e. The summed E-state index contributed by atoms with van der Waals surface area (Å²) < 4.78 is 34.9. The second-order valence-corrected chi connectivity index (χ2v) is 8.78. The predicted octanol–water partition coefficient (Wildman–Crippen LogP) is 7.17. The number of ether oxygens (including phenoxy) is 1. The van der Waals surface area contributed by atoms with Gasteiger partial charge in [0.2, 0.25) is 0 Å². The highest BCUT2D eigenvalue weighted by Gasteiger charge is 2.34. The first-order valence-electron chi connectivity index (χ1n) is 11.1. The Hall–Kier alpha value is -3.47. The van der Waals surface area contributed by atoms with Crippen LogP contribution in [0.5, 0.6) is 0 Å². The molecule has 0 bridgehead atoms. The number of nitriles is 1. The Kier molecular flexibility index (Phi) is 9.40. The van der Waals surface area contributed by atoms with Gasteiger partial charge in [-0.15, -0.1) is 0 Å². The number of amides is 1. The van der Waals surface area contributed by atoms with Gasteiger partial charge in [-0.1, -0.05) is 53.5 Å². The first kappa shape index (κ1) is 27.1.